The molecule has 1 aromatic rings. The smallest absolute Gasteiger partial charge is 0.225 e. The minimum absolute atomic E-state index is 0.00209. The number of amides is 1. The molecule has 0 bridgehead atoms. The maximum absolute atomic E-state index is 14.1. The summed E-state index contributed by atoms with van der Waals surface area (Å²) in [5, 5.41) is 0. The number of rotatable bonds is 3. The minimum atomic E-state index is -0.709. The molecular formula is C22H27F2N3O2. The molecule has 2 N–H and O–H groups in total. The van der Waals surface area contributed by atoms with Gasteiger partial charge in [-0.25, -0.2) is 8.78 Å². The first kappa shape index (κ1) is 19.9. The highest BCUT2D eigenvalue weighted by atomic mass is 19.1. The fourth-order valence-electron chi connectivity index (χ4n) is 4.38. The first-order valence-corrected chi connectivity index (χ1v) is 10.1. The number of hydrogen-bond donors (Lipinski definition) is 1. The largest absolute Gasteiger partial charge is 0.490 e. The van der Waals surface area contributed by atoms with E-state index in [0.29, 0.717) is 13.0 Å². The van der Waals surface area contributed by atoms with E-state index >= 15 is 0 Å². The number of carbonyl (C=O) groups is 1. The van der Waals surface area contributed by atoms with Crippen LogP contribution >= 0.6 is 0 Å². The highest BCUT2D eigenvalue weighted by Crippen LogP contribution is 2.35. The third kappa shape index (κ3) is 3.88. The third-order valence-electron chi connectivity index (χ3n) is 5.99. The van der Waals surface area contributed by atoms with Crippen LogP contribution in [0.1, 0.15) is 38.4 Å². The van der Waals surface area contributed by atoms with Crippen LogP contribution in [0.15, 0.2) is 41.3 Å². The lowest BCUT2D eigenvalue weighted by Crippen LogP contribution is -2.39. The molecule has 0 spiro atoms. The van der Waals surface area contributed by atoms with E-state index < -0.39 is 23.8 Å². The van der Waals surface area contributed by atoms with Crippen molar-refractivity contribution in [2.24, 2.45) is 11.7 Å². The van der Waals surface area contributed by atoms with Crippen LogP contribution < -0.4 is 5.73 Å². The van der Waals surface area contributed by atoms with Crippen LogP contribution in [0.2, 0.25) is 0 Å². The Hall–Kier alpha value is -2.41. The SMILES string of the molecule is CC(C)C(=O)N1CCC2=C(C1)CN(C1=CO[C@H](c3cc(F)ccc3F)[C@@H](N)C1)C2. The lowest BCUT2D eigenvalue weighted by molar-refractivity contribution is -0.134. The molecule has 0 radical (unpaired) electrons. The first-order valence-electron chi connectivity index (χ1n) is 10.1. The molecule has 0 aliphatic carbocycles. The summed E-state index contributed by atoms with van der Waals surface area (Å²) < 4.78 is 33.4. The molecule has 3 heterocycles. The predicted molar refractivity (Wildman–Crippen MR) is 105 cm³/mol. The molecule has 1 amide bonds. The summed E-state index contributed by atoms with van der Waals surface area (Å²) >= 11 is 0. The lowest BCUT2D eigenvalue weighted by Gasteiger charge is -2.33. The molecule has 1 aromatic carbocycles. The molecule has 3 aliphatic rings. The molecule has 156 valence electrons. The van der Waals surface area contributed by atoms with E-state index in [1.807, 2.05) is 18.7 Å². The van der Waals surface area contributed by atoms with Gasteiger partial charge in [0, 0.05) is 44.1 Å². The topological polar surface area (TPSA) is 58.8 Å². The summed E-state index contributed by atoms with van der Waals surface area (Å²) in [4.78, 5) is 16.5. The Labute approximate surface area is 169 Å². The van der Waals surface area contributed by atoms with E-state index in [9.17, 15) is 13.6 Å². The van der Waals surface area contributed by atoms with Crippen LogP contribution in [-0.4, -0.2) is 47.9 Å². The molecule has 2 atom stereocenters. The zero-order valence-electron chi connectivity index (χ0n) is 16.8. The van der Waals surface area contributed by atoms with Gasteiger partial charge < -0.3 is 20.3 Å². The van der Waals surface area contributed by atoms with Gasteiger partial charge in [0.2, 0.25) is 5.91 Å². The van der Waals surface area contributed by atoms with Gasteiger partial charge in [0.1, 0.15) is 24.0 Å². The normalized spacial score (nSPS) is 24.6. The first-order chi connectivity index (χ1) is 13.8. The molecule has 4 rings (SSSR count). The van der Waals surface area contributed by atoms with Crippen molar-refractivity contribution >= 4 is 5.91 Å². The van der Waals surface area contributed by atoms with Crippen molar-refractivity contribution in [3.8, 4) is 0 Å². The van der Waals surface area contributed by atoms with Gasteiger partial charge in [-0.05, 0) is 35.8 Å². The van der Waals surface area contributed by atoms with Crippen molar-refractivity contribution in [1.29, 1.82) is 0 Å². The van der Waals surface area contributed by atoms with Crippen molar-refractivity contribution in [2.75, 3.05) is 26.2 Å². The second kappa shape index (κ2) is 7.78. The summed E-state index contributed by atoms with van der Waals surface area (Å²) in [5.74, 6) is -0.833. The number of benzene rings is 1. The number of nitrogens with two attached hydrogens (primary N) is 1. The van der Waals surface area contributed by atoms with Crippen molar-refractivity contribution in [3.05, 3.63) is 58.5 Å². The zero-order valence-corrected chi connectivity index (χ0v) is 16.8. The minimum Gasteiger partial charge on any atom is -0.490 e. The van der Waals surface area contributed by atoms with Gasteiger partial charge in [0.05, 0.1) is 11.7 Å². The van der Waals surface area contributed by atoms with Crippen LogP contribution in [0.5, 0.6) is 0 Å². The Morgan fingerprint density at radius 3 is 2.69 bits per heavy atom. The molecule has 0 saturated carbocycles. The number of hydrogen-bond acceptors (Lipinski definition) is 4. The summed E-state index contributed by atoms with van der Waals surface area (Å²) in [6.45, 7) is 6.85. The summed E-state index contributed by atoms with van der Waals surface area (Å²) in [5.41, 5.74) is 10.1. The number of nitrogens with zero attached hydrogens (tertiary/aromatic N) is 2. The number of carbonyl (C=O) groups excluding carboxylic acids is 1. The average Bonchev–Trinajstić information content (AvgIpc) is 3.12. The fourth-order valence-corrected chi connectivity index (χ4v) is 4.38. The summed E-state index contributed by atoms with van der Waals surface area (Å²) in [6, 6.07) is 2.86. The third-order valence-corrected chi connectivity index (χ3v) is 5.99. The Balaban J connectivity index is 1.43. The van der Waals surface area contributed by atoms with E-state index in [2.05, 4.69) is 4.90 Å². The maximum Gasteiger partial charge on any atom is 0.225 e. The predicted octanol–water partition coefficient (Wildman–Crippen LogP) is 3.10. The van der Waals surface area contributed by atoms with E-state index in [1.54, 1.807) is 6.26 Å². The monoisotopic (exact) mass is 403 g/mol. The molecule has 0 saturated heterocycles. The van der Waals surface area contributed by atoms with Crippen LogP contribution in [-0.2, 0) is 9.53 Å². The highest BCUT2D eigenvalue weighted by molar-refractivity contribution is 5.78. The standard InChI is InChI=1S/C22H27F2N3O2/c1-13(2)22(28)26-6-5-14-9-27(11-15(14)10-26)17-8-20(25)21(29-12-17)18-7-16(23)3-4-19(18)24/h3-4,7,12-13,20-21H,5-6,8-11,25H2,1-2H3/t20-,21+/m0/s1. The molecule has 3 aliphatic heterocycles. The molecular weight excluding hydrogens is 376 g/mol. The van der Waals surface area contributed by atoms with Crippen molar-refractivity contribution in [2.45, 2.75) is 38.8 Å². The van der Waals surface area contributed by atoms with Crippen LogP contribution in [0, 0.1) is 17.6 Å². The van der Waals surface area contributed by atoms with Gasteiger partial charge in [0.25, 0.3) is 0 Å². The molecule has 0 unspecified atom stereocenters. The average molecular weight is 403 g/mol. The quantitative estimate of drug-likeness (QED) is 0.788. The second-order valence-electron chi connectivity index (χ2n) is 8.43. The van der Waals surface area contributed by atoms with Crippen LogP contribution in [0.25, 0.3) is 0 Å². The number of halogens is 2. The molecule has 5 nitrogen and oxygen atoms in total. The van der Waals surface area contributed by atoms with Crippen LogP contribution in [0.3, 0.4) is 0 Å². The van der Waals surface area contributed by atoms with E-state index in [0.717, 1.165) is 50.0 Å². The fraction of sp³-hybridized carbons (Fsp3) is 0.500. The maximum atomic E-state index is 14.1. The number of ether oxygens (including phenoxy) is 1. The van der Waals surface area contributed by atoms with E-state index in [4.69, 9.17) is 10.5 Å². The Kier molecular flexibility index (Phi) is 5.34. The van der Waals surface area contributed by atoms with E-state index in [-0.39, 0.29) is 17.4 Å². The molecule has 29 heavy (non-hydrogen) atoms. The van der Waals surface area contributed by atoms with Crippen molar-refractivity contribution in [3.63, 3.8) is 0 Å². The van der Waals surface area contributed by atoms with Crippen LogP contribution in [0.4, 0.5) is 8.78 Å². The highest BCUT2D eigenvalue weighted by Gasteiger charge is 2.34. The molecule has 0 fully saturated rings. The molecule has 7 heteroatoms. The van der Waals surface area contributed by atoms with Gasteiger partial charge >= 0.3 is 0 Å². The Bertz CT molecular complexity index is 881. The zero-order chi connectivity index (χ0) is 20.7. The van der Waals surface area contributed by atoms with Gasteiger partial charge in [-0.3, -0.25) is 4.79 Å². The Morgan fingerprint density at radius 1 is 1.21 bits per heavy atom. The van der Waals surface area contributed by atoms with Gasteiger partial charge in [-0.15, -0.1) is 0 Å². The van der Waals surface area contributed by atoms with Crippen molar-refractivity contribution < 1.29 is 18.3 Å². The van der Waals surface area contributed by atoms with Gasteiger partial charge in [-0.2, -0.15) is 0 Å². The summed E-state index contributed by atoms with van der Waals surface area (Å²) in [6.07, 6.45) is 2.34. The summed E-state index contributed by atoms with van der Waals surface area (Å²) in [7, 11) is 0. The van der Waals surface area contributed by atoms with Gasteiger partial charge in [0.15, 0.2) is 0 Å². The van der Waals surface area contributed by atoms with E-state index in [1.165, 1.54) is 11.1 Å². The second-order valence-corrected chi connectivity index (χ2v) is 8.43. The Morgan fingerprint density at radius 2 is 1.97 bits per heavy atom. The van der Waals surface area contributed by atoms with Crippen molar-refractivity contribution in [1.82, 2.24) is 9.80 Å². The van der Waals surface area contributed by atoms with Gasteiger partial charge in [-0.1, -0.05) is 13.8 Å². The lowest BCUT2D eigenvalue weighted by atomic mass is 9.96. The molecule has 0 aromatic heterocycles.